The van der Waals surface area contributed by atoms with Gasteiger partial charge >= 0.3 is 5.97 Å². The van der Waals surface area contributed by atoms with Crippen molar-refractivity contribution < 1.29 is 14.3 Å². The van der Waals surface area contributed by atoms with Gasteiger partial charge in [0.05, 0.1) is 11.4 Å². The van der Waals surface area contributed by atoms with Gasteiger partial charge in [0.15, 0.2) is 6.61 Å². The van der Waals surface area contributed by atoms with Gasteiger partial charge in [0.1, 0.15) is 5.82 Å². The predicted molar refractivity (Wildman–Crippen MR) is 108 cm³/mol. The van der Waals surface area contributed by atoms with Crippen molar-refractivity contribution in [3.8, 4) is 16.9 Å². The molecule has 28 heavy (non-hydrogen) atoms. The highest BCUT2D eigenvalue weighted by molar-refractivity contribution is 5.93. The normalized spacial score (nSPS) is 10.8. The van der Waals surface area contributed by atoms with Crippen LogP contribution in [-0.4, -0.2) is 28.3 Å². The smallest absolute Gasteiger partial charge is 0.330 e. The maximum Gasteiger partial charge on any atom is 0.330 e. The maximum absolute atomic E-state index is 12.2. The van der Waals surface area contributed by atoms with Gasteiger partial charge in [0.25, 0.3) is 5.91 Å². The molecule has 3 rings (SSSR count). The average molecular weight is 375 g/mol. The van der Waals surface area contributed by atoms with E-state index in [1.54, 1.807) is 23.7 Å². The molecule has 0 saturated heterocycles. The number of aryl methyl sites for hydroxylation is 1. The molecule has 3 aromatic rings. The summed E-state index contributed by atoms with van der Waals surface area (Å²) in [7, 11) is 0. The fourth-order valence-corrected chi connectivity index (χ4v) is 2.60. The van der Waals surface area contributed by atoms with Gasteiger partial charge < -0.3 is 10.1 Å². The standard InChI is InChI=1S/C22H21N3O3/c1-3-7-22(27)28-15-21(26)23-20-14-19(17-12-10-16(2)11-13-17)24-25(20)18-8-5-4-6-9-18/h3-14H,15H2,1-2H3,(H,23,26)/b7-3+. The molecule has 2 aromatic carbocycles. The van der Waals surface area contributed by atoms with E-state index in [1.165, 1.54) is 6.08 Å². The highest BCUT2D eigenvalue weighted by atomic mass is 16.5. The Morgan fingerprint density at radius 1 is 1.11 bits per heavy atom. The molecule has 0 spiro atoms. The number of esters is 1. The van der Waals surface area contributed by atoms with Crippen molar-refractivity contribution in [3.05, 3.63) is 78.4 Å². The summed E-state index contributed by atoms with van der Waals surface area (Å²) < 4.78 is 6.55. The highest BCUT2D eigenvalue weighted by Crippen LogP contribution is 2.25. The van der Waals surface area contributed by atoms with Crippen LogP contribution < -0.4 is 5.32 Å². The van der Waals surface area contributed by atoms with E-state index in [4.69, 9.17) is 4.74 Å². The van der Waals surface area contributed by atoms with Crippen LogP contribution in [0.1, 0.15) is 12.5 Å². The number of carbonyl (C=O) groups is 2. The average Bonchev–Trinajstić information content (AvgIpc) is 3.11. The number of amides is 1. The molecule has 1 amide bonds. The molecule has 1 heterocycles. The summed E-state index contributed by atoms with van der Waals surface area (Å²) in [6.07, 6.45) is 2.82. The van der Waals surface area contributed by atoms with Crippen molar-refractivity contribution in [1.29, 1.82) is 0 Å². The lowest BCUT2D eigenvalue weighted by Crippen LogP contribution is -2.21. The second-order valence-electron chi connectivity index (χ2n) is 6.18. The largest absolute Gasteiger partial charge is 0.452 e. The Balaban J connectivity index is 1.87. The molecule has 0 fully saturated rings. The summed E-state index contributed by atoms with van der Waals surface area (Å²) in [5.74, 6) is -0.506. The Morgan fingerprint density at radius 3 is 2.50 bits per heavy atom. The zero-order valence-corrected chi connectivity index (χ0v) is 15.8. The van der Waals surface area contributed by atoms with Crippen molar-refractivity contribution >= 4 is 17.7 Å². The fraction of sp³-hybridized carbons (Fsp3) is 0.136. The molecule has 1 N–H and O–H groups in total. The summed E-state index contributed by atoms with van der Waals surface area (Å²) in [4.78, 5) is 23.6. The molecule has 6 nitrogen and oxygen atoms in total. The molecular formula is C22H21N3O3. The number of carbonyl (C=O) groups excluding carboxylic acids is 2. The van der Waals surface area contributed by atoms with E-state index in [2.05, 4.69) is 10.4 Å². The number of hydrogen-bond donors (Lipinski definition) is 1. The maximum atomic E-state index is 12.2. The number of benzene rings is 2. The molecule has 0 unspecified atom stereocenters. The highest BCUT2D eigenvalue weighted by Gasteiger charge is 2.14. The quantitative estimate of drug-likeness (QED) is 0.524. The van der Waals surface area contributed by atoms with E-state index in [9.17, 15) is 9.59 Å². The summed E-state index contributed by atoms with van der Waals surface area (Å²) in [6, 6.07) is 19.3. The molecule has 0 bridgehead atoms. The molecule has 0 aliphatic rings. The minimum absolute atomic E-state index is 0.372. The number of anilines is 1. The minimum atomic E-state index is -0.561. The zero-order chi connectivity index (χ0) is 19.9. The summed E-state index contributed by atoms with van der Waals surface area (Å²) in [5, 5.41) is 7.41. The second-order valence-corrected chi connectivity index (χ2v) is 6.18. The van der Waals surface area contributed by atoms with Crippen molar-refractivity contribution in [2.45, 2.75) is 13.8 Å². The van der Waals surface area contributed by atoms with Crippen LogP contribution in [0.2, 0.25) is 0 Å². The topological polar surface area (TPSA) is 73.2 Å². The molecule has 6 heteroatoms. The van der Waals surface area contributed by atoms with Crippen LogP contribution in [0.3, 0.4) is 0 Å². The van der Waals surface area contributed by atoms with E-state index < -0.39 is 11.9 Å². The molecule has 0 aliphatic heterocycles. The van der Waals surface area contributed by atoms with E-state index in [0.29, 0.717) is 5.82 Å². The van der Waals surface area contributed by atoms with Crippen LogP contribution in [0.15, 0.2) is 72.8 Å². The van der Waals surface area contributed by atoms with Crippen molar-refractivity contribution in [2.75, 3.05) is 11.9 Å². The Morgan fingerprint density at radius 2 is 1.82 bits per heavy atom. The van der Waals surface area contributed by atoms with Crippen LogP contribution >= 0.6 is 0 Å². The third-order valence-electron chi connectivity index (χ3n) is 3.97. The molecular weight excluding hydrogens is 354 g/mol. The van der Waals surface area contributed by atoms with Gasteiger partial charge in [-0.3, -0.25) is 4.79 Å². The number of aromatic nitrogens is 2. The summed E-state index contributed by atoms with van der Waals surface area (Å²) in [5.41, 5.74) is 3.63. The van der Waals surface area contributed by atoms with Gasteiger partial charge in [-0.15, -0.1) is 0 Å². The molecule has 0 aliphatic carbocycles. The van der Waals surface area contributed by atoms with Crippen LogP contribution in [0.5, 0.6) is 0 Å². The molecule has 1 aromatic heterocycles. The first kappa shape index (κ1) is 19.1. The number of ether oxygens (including phenoxy) is 1. The van der Waals surface area contributed by atoms with Crippen molar-refractivity contribution in [2.24, 2.45) is 0 Å². The third-order valence-corrected chi connectivity index (χ3v) is 3.97. The fourth-order valence-electron chi connectivity index (χ4n) is 2.60. The molecule has 0 atom stereocenters. The first-order valence-corrected chi connectivity index (χ1v) is 8.88. The number of nitrogens with one attached hydrogen (secondary N) is 1. The Labute approximate surface area is 163 Å². The van der Waals surface area contributed by atoms with Gasteiger partial charge in [-0.1, -0.05) is 54.1 Å². The van der Waals surface area contributed by atoms with Gasteiger partial charge in [0, 0.05) is 17.7 Å². The minimum Gasteiger partial charge on any atom is -0.452 e. The van der Waals surface area contributed by atoms with Crippen LogP contribution in [-0.2, 0) is 14.3 Å². The number of rotatable bonds is 6. The van der Waals surface area contributed by atoms with Crippen molar-refractivity contribution in [1.82, 2.24) is 9.78 Å². The third kappa shape index (κ3) is 4.73. The monoisotopic (exact) mass is 375 g/mol. The zero-order valence-electron chi connectivity index (χ0n) is 15.8. The lowest BCUT2D eigenvalue weighted by Gasteiger charge is -2.08. The first-order valence-electron chi connectivity index (χ1n) is 8.88. The van der Waals surface area contributed by atoms with E-state index >= 15 is 0 Å². The lowest BCUT2D eigenvalue weighted by atomic mass is 10.1. The van der Waals surface area contributed by atoms with E-state index in [1.807, 2.05) is 61.5 Å². The Hall–Kier alpha value is -3.67. The SMILES string of the molecule is C/C=C/C(=O)OCC(=O)Nc1cc(-c2ccc(C)cc2)nn1-c1ccccc1. The van der Waals surface area contributed by atoms with Crippen LogP contribution in [0.25, 0.3) is 16.9 Å². The number of nitrogens with zero attached hydrogens (tertiary/aromatic N) is 2. The first-order chi connectivity index (χ1) is 13.6. The number of para-hydroxylation sites is 1. The molecule has 0 saturated carbocycles. The second kappa shape index (κ2) is 8.81. The molecule has 142 valence electrons. The van der Waals surface area contributed by atoms with E-state index in [-0.39, 0.29) is 6.61 Å². The number of hydrogen-bond acceptors (Lipinski definition) is 4. The summed E-state index contributed by atoms with van der Waals surface area (Å²) >= 11 is 0. The Bertz CT molecular complexity index is 990. The van der Waals surface area contributed by atoms with Gasteiger partial charge in [-0.25, -0.2) is 9.48 Å². The van der Waals surface area contributed by atoms with Crippen LogP contribution in [0.4, 0.5) is 5.82 Å². The van der Waals surface area contributed by atoms with Gasteiger partial charge in [-0.05, 0) is 26.0 Å². The predicted octanol–water partition coefficient (Wildman–Crippen LogP) is 3.91. The Kier molecular flexibility index (Phi) is 6.01. The van der Waals surface area contributed by atoms with Gasteiger partial charge in [0.2, 0.25) is 0 Å². The van der Waals surface area contributed by atoms with Gasteiger partial charge in [-0.2, -0.15) is 5.10 Å². The lowest BCUT2D eigenvalue weighted by molar-refractivity contribution is -0.142. The summed E-state index contributed by atoms with van der Waals surface area (Å²) in [6.45, 7) is 3.35. The van der Waals surface area contributed by atoms with E-state index in [0.717, 1.165) is 22.5 Å². The number of allylic oxidation sites excluding steroid dienone is 1. The van der Waals surface area contributed by atoms with Crippen molar-refractivity contribution in [3.63, 3.8) is 0 Å². The molecule has 0 radical (unpaired) electrons. The van der Waals surface area contributed by atoms with Crippen LogP contribution in [0, 0.1) is 6.92 Å².